The third-order valence-corrected chi connectivity index (χ3v) is 4.00. The van der Waals surface area contributed by atoms with E-state index in [0.717, 1.165) is 32.6 Å². The summed E-state index contributed by atoms with van der Waals surface area (Å²) in [6.07, 6.45) is 0.967. The number of nitrogens with zero attached hydrogens (tertiary/aromatic N) is 2. The van der Waals surface area contributed by atoms with Gasteiger partial charge in [0.2, 0.25) is 5.91 Å². The Morgan fingerprint density at radius 2 is 2.20 bits per heavy atom. The zero-order valence-corrected chi connectivity index (χ0v) is 13.1. The molecule has 7 heteroatoms. The molecule has 2 amide bonds. The Balaban J connectivity index is 0.00000200. The number of rotatable bonds is 3. The van der Waals surface area contributed by atoms with E-state index < -0.39 is 0 Å². The summed E-state index contributed by atoms with van der Waals surface area (Å²) in [5, 5.41) is 5.12. The lowest BCUT2D eigenvalue weighted by molar-refractivity contribution is -0.131. The van der Waals surface area contributed by atoms with Gasteiger partial charge in [-0.05, 0) is 24.4 Å². The SMILES string of the molecule is CN(CC(=O)N1CCCNCC1)C(=O)c1cccs1.Cl. The number of carbonyl (C=O) groups excluding carboxylic acids is 2. The summed E-state index contributed by atoms with van der Waals surface area (Å²) in [5.74, 6) is -0.0626. The average molecular weight is 318 g/mol. The molecule has 0 atom stereocenters. The molecule has 1 saturated heterocycles. The highest BCUT2D eigenvalue weighted by Gasteiger charge is 2.20. The first kappa shape index (κ1) is 16.9. The molecule has 2 heterocycles. The van der Waals surface area contributed by atoms with Gasteiger partial charge >= 0.3 is 0 Å². The Hall–Kier alpha value is -1.11. The molecule has 0 aliphatic carbocycles. The molecule has 0 aromatic carbocycles. The molecular formula is C13H20ClN3O2S. The maximum absolute atomic E-state index is 12.1. The first-order valence-corrected chi connectivity index (χ1v) is 7.34. The number of likely N-dealkylation sites (N-methyl/N-ethyl adjacent to an activating group) is 1. The summed E-state index contributed by atoms with van der Waals surface area (Å²) in [4.78, 5) is 28.2. The van der Waals surface area contributed by atoms with Gasteiger partial charge < -0.3 is 15.1 Å². The summed E-state index contributed by atoms with van der Waals surface area (Å²) in [7, 11) is 1.68. The Morgan fingerprint density at radius 3 is 2.90 bits per heavy atom. The van der Waals surface area contributed by atoms with Gasteiger partial charge in [-0.3, -0.25) is 9.59 Å². The van der Waals surface area contributed by atoms with E-state index in [1.165, 1.54) is 16.2 Å². The third kappa shape index (κ3) is 4.47. The van der Waals surface area contributed by atoms with Crippen LogP contribution in [0.1, 0.15) is 16.1 Å². The number of thiophene rings is 1. The van der Waals surface area contributed by atoms with E-state index in [0.29, 0.717) is 4.88 Å². The predicted octanol–water partition coefficient (Wildman–Crippen LogP) is 1.06. The molecule has 5 nitrogen and oxygen atoms in total. The highest BCUT2D eigenvalue weighted by Crippen LogP contribution is 2.11. The lowest BCUT2D eigenvalue weighted by Gasteiger charge is -2.23. The molecule has 1 aromatic heterocycles. The number of carbonyl (C=O) groups is 2. The van der Waals surface area contributed by atoms with Gasteiger partial charge in [0.1, 0.15) is 0 Å². The average Bonchev–Trinajstić information content (AvgIpc) is 2.79. The van der Waals surface area contributed by atoms with Gasteiger partial charge in [-0.1, -0.05) is 6.07 Å². The smallest absolute Gasteiger partial charge is 0.264 e. The fraction of sp³-hybridized carbons (Fsp3) is 0.538. The Labute approximate surface area is 129 Å². The van der Waals surface area contributed by atoms with Crippen molar-refractivity contribution in [3.8, 4) is 0 Å². The van der Waals surface area contributed by atoms with E-state index in [-0.39, 0.29) is 30.8 Å². The standard InChI is InChI=1S/C13H19N3O2S.ClH/c1-15(13(18)11-4-2-9-19-11)10-12(17)16-7-3-5-14-6-8-16;/h2,4,9,14H,3,5-8,10H2,1H3;1H. The number of hydrogen-bond donors (Lipinski definition) is 1. The minimum atomic E-state index is -0.0868. The van der Waals surface area contributed by atoms with Gasteiger partial charge in [-0.25, -0.2) is 0 Å². The molecule has 2 rings (SSSR count). The van der Waals surface area contributed by atoms with Crippen molar-refractivity contribution in [2.45, 2.75) is 6.42 Å². The zero-order chi connectivity index (χ0) is 13.7. The number of nitrogens with one attached hydrogen (secondary N) is 1. The highest BCUT2D eigenvalue weighted by atomic mass is 35.5. The van der Waals surface area contributed by atoms with Crippen molar-refractivity contribution in [1.82, 2.24) is 15.1 Å². The Bertz CT molecular complexity index is 431. The van der Waals surface area contributed by atoms with Crippen LogP contribution in [0.15, 0.2) is 17.5 Å². The van der Waals surface area contributed by atoms with E-state index in [2.05, 4.69) is 5.32 Å². The van der Waals surface area contributed by atoms with Crippen molar-refractivity contribution < 1.29 is 9.59 Å². The van der Waals surface area contributed by atoms with Crippen molar-refractivity contribution in [3.63, 3.8) is 0 Å². The Kier molecular flexibility index (Phi) is 6.98. The molecule has 112 valence electrons. The molecule has 0 saturated carbocycles. The van der Waals surface area contributed by atoms with Crippen LogP contribution in [0.2, 0.25) is 0 Å². The van der Waals surface area contributed by atoms with Crippen LogP contribution in [0.25, 0.3) is 0 Å². The lowest BCUT2D eigenvalue weighted by Crippen LogP contribution is -2.42. The molecule has 0 unspecified atom stereocenters. The van der Waals surface area contributed by atoms with Gasteiger partial charge in [-0.2, -0.15) is 0 Å². The maximum atomic E-state index is 12.1. The zero-order valence-electron chi connectivity index (χ0n) is 11.5. The molecule has 1 aromatic rings. The molecule has 1 aliphatic rings. The number of hydrogen-bond acceptors (Lipinski definition) is 4. The first-order chi connectivity index (χ1) is 9.18. The molecule has 1 N–H and O–H groups in total. The van der Waals surface area contributed by atoms with E-state index >= 15 is 0 Å². The third-order valence-electron chi connectivity index (χ3n) is 3.14. The monoisotopic (exact) mass is 317 g/mol. The molecule has 20 heavy (non-hydrogen) atoms. The van der Waals surface area contributed by atoms with Gasteiger partial charge in [-0.15, -0.1) is 23.7 Å². The molecule has 0 spiro atoms. The second-order valence-electron chi connectivity index (χ2n) is 4.62. The number of amides is 2. The van der Waals surface area contributed by atoms with E-state index in [9.17, 15) is 9.59 Å². The number of halogens is 1. The van der Waals surface area contributed by atoms with Crippen molar-refractivity contribution in [2.24, 2.45) is 0 Å². The molecule has 0 bridgehead atoms. The lowest BCUT2D eigenvalue weighted by atomic mass is 10.3. The van der Waals surface area contributed by atoms with Gasteiger partial charge in [0.05, 0.1) is 11.4 Å². The summed E-state index contributed by atoms with van der Waals surface area (Å²) in [6.45, 7) is 3.42. The maximum Gasteiger partial charge on any atom is 0.264 e. The van der Waals surface area contributed by atoms with Crippen molar-refractivity contribution in [1.29, 1.82) is 0 Å². The van der Waals surface area contributed by atoms with Crippen molar-refractivity contribution >= 4 is 35.6 Å². The van der Waals surface area contributed by atoms with Crippen LogP contribution in [0.3, 0.4) is 0 Å². The van der Waals surface area contributed by atoms with Gasteiger partial charge in [0.25, 0.3) is 5.91 Å². The molecule has 1 aliphatic heterocycles. The minimum absolute atomic E-state index is 0. The predicted molar refractivity (Wildman–Crippen MR) is 82.6 cm³/mol. The fourth-order valence-electron chi connectivity index (χ4n) is 2.06. The summed E-state index contributed by atoms with van der Waals surface area (Å²) in [5.41, 5.74) is 0. The second kappa shape index (κ2) is 8.24. The summed E-state index contributed by atoms with van der Waals surface area (Å²) >= 11 is 1.40. The summed E-state index contributed by atoms with van der Waals surface area (Å²) < 4.78 is 0. The van der Waals surface area contributed by atoms with Crippen LogP contribution in [-0.4, -0.2) is 61.4 Å². The van der Waals surface area contributed by atoms with Crippen molar-refractivity contribution in [3.05, 3.63) is 22.4 Å². The summed E-state index contributed by atoms with van der Waals surface area (Å²) in [6, 6.07) is 3.62. The van der Waals surface area contributed by atoms with Crippen LogP contribution in [0.4, 0.5) is 0 Å². The quantitative estimate of drug-likeness (QED) is 0.907. The van der Waals surface area contributed by atoms with Gasteiger partial charge in [0, 0.05) is 26.7 Å². The molecule has 1 fully saturated rings. The van der Waals surface area contributed by atoms with E-state index in [1.807, 2.05) is 16.3 Å². The normalized spacial score (nSPS) is 15.2. The van der Waals surface area contributed by atoms with Crippen LogP contribution < -0.4 is 5.32 Å². The second-order valence-corrected chi connectivity index (χ2v) is 5.57. The molecular weight excluding hydrogens is 298 g/mol. The Morgan fingerprint density at radius 1 is 1.40 bits per heavy atom. The minimum Gasteiger partial charge on any atom is -0.340 e. The first-order valence-electron chi connectivity index (χ1n) is 6.46. The van der Waals surface area contributed by atoms with Crippen LogP contribution >= 0.6 is 23.7 Å². The largest absolute Gasteiger partial charge is 0.340 e. The topological polar surface area (TPSA) is 52.7 Å². The van der Waals surface area contributed by atoms with Crippen LogP contribution in [0.5, 0.6) is 0 Å². The van der Waals surface area contributed by atoms with E-state index in [1.54, 1.807) is 13.1 Å². The van der Waals surface area contributed by atoms with E-state index in [4.69, 9.17) is 0 Å². The highest BCUT2D eigenvalue weighted by molar-refractivity contribution is 7.12. The van der Waals surface area contributed by atoms with Crippen LogP contribution in [0, 0.1) is 0 Å². The molecule has 0 radical (unpaired) electrons. The van der Waals surface area contributed by atoms with Gasteiger partial charge in [0.15, 0.2) is 0 Å². The fourth-order valence-corrected chi connectivity index (χ4v) is 2.78. The van der Waals surface area contributed by atoms with Crippen molar-refractivity contribution in [2.75, 3.05) is 39.8 Å². The van der Waals surface area contributed by atoms with Crippen LogP contribution in [-0.2, 0) is 4.79 Å².